The molecule has 0 aromatic carbocycles. The van der Waals surface area contributed by atoms with Gasteiger partial charge in [0, 0.05) is 12.8 Å². The van der Waals surface area contributed by atoms with E-state index >= 15 is 0 Å². The van der Waals surface area contributed by atoms with Gasteiger partial charge in [-0.05, 0) is 64.2 Å². The number of aliphatic hydroxyl groups is 2. The standard InChI is InChI=1S/C54H103NO5/c1-3-5-7-9-11-13-15-17-18-19-20-21-23-26-30-34-38-42-46-52(57)51(50-56)55-53(58)47-43-39-35-31-27-24-25-29-33-37-41-45-49-60-54(59)48-44-40-36-32-28-22-16-14-12-10-8-6-4-2/h25,29,42,46,51-52,56-57H,3-24,26-28,30-41,43-45,47-50H2,1-2H3,(H,55,58)/b29-25-,46-42+. The van der Waals surface area contributed by atoms with Crippen LogP contribution in [0, 0.1) is 0 Å². The van der Waals surface area contributed by atoms with Crippen LogP contribution in [0.4, 0.5) is 0 Å². The minimum Gasteiger partial charge on any atom is -0.466 e. The van der Waals surface area contributed by atoms with Crippen LogP contribution in [0.5, 0.6) is 0 Å². The van der Waals surface area contributed by atoms with E-state index in [1.54, 1.807) is 6.08 Å². The van der Waals surface area contributed by atoms with E-state index in [4.69, 9.17) is 4.74 Å². The predicted molar refractivity (Wildman–Crippen MR) is 260 cm³/mol. The number of amides is 1. The lowest BCUT2D eigenvalue weighted by Gasteiger charge is -2.20. The number of aliphatic hydroxyl groups excluding tert-OH is 2. The number of unbranched alkanes of at least 4 members (excludes halogenated alkanes) is 36. The molecule has 0 aliphatic rings. The maximum atomic E-state index is 12.4. The number of esters is 1. The van der Waals surface area contributed by atoms with Crippen LogP contribution in [0.25, 0.3) is 0 Å². The topological polar surface area (TPSA) is 95.9 Å². The van der Waals surface area contributed by atoms with Gasteiger partial charge in [0.1, 0.15) is 0 Å². The van der Waals surface area contributed by atoms with Crippen LogP contribution in [0.2, 0.25) is 0 Å². The maximum Gasteiger partial charge on any atom is 0.305 e. The second-order valence-electron chi connectivity index (χ2n) is 18.2. The van der Waals surface area contributed by atoms with Crippen molar-refractivity contribution < 1.29 is 24.5 Å². The molecule has 0 aromatic heterocycles. The Morgan fingerprint density at radius 2 is 0.783 bits per heavy atom. The van der Waals surface area contributed by atoms with Crippen LogP contribution in [-0.2, 0) is 14.3 Å². The van der Waals surface area contributed by atoms with Gasteiger partial charge in [0.25, 0.3) is 0 Å². The lowest BCUT2D eigenvalue weighted by molar-refractivity contribution is -0.143. The molecule has 0 fully saturated rings. The Bertz CT molecular complexity index is 935. The van der Waals surface area contributed by atoms with Gasteiger partial charge in [0.2, 0.25) is 5.91 Å². The van der Waals surface area contributed by atoms with Gasteiger partial charge in [0.05, 0.1) is 25.4 Å². The van der Waals surface area contributed by atoms with Gasteiger partial charge in [0.15, 0.2) is 0 Å². The lowest BCUT2D eigenvalue weighted by atomic mass is 10.0. The predicted octanol–water partition coefficient (Wildman–Crippen LogP) is 15.9. The van der Waals surface area contributed by atoms with Crippen molar-refractivity contribution in [1.29, 1.82) is 0 Å². The number of nitrogens with one attached hydrogen (secondary N) is 1. The Morgan fingerprint density at radius 1 is 0.450 bits per heavy atom. The van der Waals surface area contributed by atoms with E-state index in [-0.39, 0.29) is 18.5 Å². The summed E-state index contributed by atoms with van der Waals surface area (Å²) in [6.07, 6.45) is 58.9. The molecular weight excluding hydrogens is 743 g/mol. The Hall–Kier alpha value is -1.66. The SMILES string of the molecule is CCCCCCCCCCCCCCCCCC/C=C/C(O)C(CO)NC(=O)CCCCCCC/C=C\CCCCCOC(=O)CCCCCCCCCCCCCCC. The van der Waals surface area contributed by atoms with Crippen molar-refractivity contribution in [2.45, 2.75) is 296 Å². The number of allylic oxidation sites excluding steroid dienone is 3. The molecule has 0 radical (unpaired) electrons. The lowest BCUT2D eigenvalue weighted by Crippen LogP contribution is -2.45. The van der Waals surface area contributed by atoms with Gasteiger partial charge in [-0.2, -0.15) is 0 Å². The minimum atomic E-state index is -0.860. The first-order valence-corrected chi connectivity index (χ1v) is 26.6. The highest BCUT2D eigenvalue weighted by Gasteiger charge is 2.18. The third kappa shape index (κ3) is 45.9. The molecule has 0 saturated carbocycles. The average molecular weight is 846 g/mol. The Labute approximate surface area is 373 Å². The fourth-order valence-electron chi connectivity index (χ4n) is 8.10. The zero-order valence-electron chi connectivity index (χ0n) is 40.2. The van der Waals surface area contributed by atoms with Crippen molar-refractivity contribution in [3.8, 4) is 0 Å². The van der Waals surface area contributed by atoms with E-state index in [1.807, 2.05) is 6.08 Å². The summed E-state index contributed by atoms with van der Waals surface area (Å²) in [4.78, 5) is 24.4. The van der Waals surface area contributed by atoms with Crippen molar-refractivity contribution in [2.24, 2.45) is 0 Å². The van der Waals surface area contributed by atoms with Crippen molar-refractivity contribution in [3.63, 3.8) is 0 Å². The molecule has 0 bridgehead atoms. The van der Waals surface area contributed by atoms with Gasteiger partial charge in [-0.25, -0.2) is 0 Å². The monoisotopic (exact) mass is 846 g/mol. The molecule has 0 heterocycles. The van der Waals surface area contributed by atoms with Crippen molar-refractivity contribution in [2.75, 3.05) is 13.2 Å². The molecule has 0 aliphatic heterocycles. The summed E-state index contributed by atoms with van der Waals surface area (Å²) in [5, 5.41) is 23.1. The van der Waals surface area contributed by atoms with E-state index in [1.165, 1.54) is 180 Å². The summed E-state index contributed by atoms with van der Waals surface area (Å²) in [6, 6.07) is -0.646. The van der Waals surface area contributed by atoms with Gasteiger partial charge in [-0.1, -0.05) is 231 Å². The van der Waals surface area contributed by atoms with E-state index in [2.05, 4.69) is 31.3 Å². The third-order valence-electron chi connectivity index (χ3n) is 12.2. The molecular formula is C54H103NO5. The summed E-state index contributed by atoms with van der Waals surface area (Å²) in [5.74, 6) is -0.115. The van der Waals surface area contributed by atoms with Crippen LogP contribution >= 0.6 is 0 Å². The molecule has 6 nitrogen and oxygen atoms in total. The quantitative estimate of drug-likeness (QED) is 0.0322. The first-order chi connectivity index (χ1) is 29.5. The number of carbonyl (C=O) groups is 2. The molecule has 0 aliphatic carbocycles. The molecule has 2 atom stereocenters. The molecule has 2 unspecified atom stereocenters. The Kier molecular flexibility index (Phi) is 48.6. The van der Waals surface area contributed by atoms with Crippen LogP contribution < -0.4 is 5.32 Å². The molecule has 0 spiro atoms. The first-order valence-electron chi connectivity index (χ1n) is 26.6. The summed E-state index contributed by atoms with van der Waals surface area (Å²) in [7, 11) is 0. The van der Waals surface area contributed by atoms with Crippen LogP contribution in [0.3, 0.4) is 0 Å². The Morgan fingerprint density at radius 3 is 1.18 bits per heavy atom. The molecule has 60 heavy (non-hydrogen) atoms. The zero-order chi connectivity index (χ0) is 43.7. The van der Waals surface area contributed by atoms with Crippen LogP contribution in [0.1, 0.15) is 284 Å². The Balaban J connectivity index is 3.54. The highest BCUT2D eigenvalue weighted by atomic mass is 16.5. The minimum absolute atomic E-state index is 0.0228. The fourth-order valence-corrected chi connectivity index (χ4v) is 8.10. The number of hydrogen-bond donors (Lipinski definition) is 3. The van der Waals surface area contributed by atoms with Crippen molar-refractivity contribution in [1.82, 2.24) is 5.32 Å². The second-order valence-corrected chi connectivity index (χ2v) is 18.2. The largest absolute Gasteiger partial charge is 0.466 e. The van der Waals surface area contributed by atoms with Crippen molar-refractivity contribution >= 4 is 11.9 Å². The number of hydrogen-bond acceptors (Lipinski definition) is 5. The van der Waals surface area contributed by atoms with E-state index in [9.17, 15) is 19.8 Å². The molecule has 6 heteroatoms. The fraction of sp³-hybridized carbons (Fsp3) is 0.889. The summed E-state index contributed by atoms with van der Waals surface area (Å²) in [5.41, 5.74) is 0. The van der Waals surface area contributed by atoms with E-state index < -0.39 is 12.1 Å². The summed E-state index contributed by atoms with van der Waals surface area (Å²) < 4.78 is 5.44. The molecule has 1 amide bonds. The smallest absolute Gasteiger partial charge is 0.305 e. The van der Waals surface area contributed by atoms with Crippen molar-refractivity contribution in [3.05, 3.63) is 24.3 Å². The molecule has 0 rings (SSSR count). The van der Waals surface area contributed by atoms with Crippen LogP contribution in [-0.4, -0.2) is 47.4 Å². The van der Waals surface area contributed by atoms with E-state index in [0.717, 1.165) is 77.0 Å². The van der Waals surface area contributed by atoms with E-state index in [0.29, 0.717) is 19.4 Å². The third-order valence-corrected chi connectivity index (χ3v) is 12.2. The number of ether oxygens (including phenoxy) is 1. The number of rotatable bonds is 49. The van der Waals surface area contributed by atoms with Gasteiger partial charge in [-0.15, -0.1) is 0 Å². The van der Waals surface area contributed by atoms with Crippen LogP contribution in [0.15, 0.2) is 24.3 Å². The highest BCUT2D eigenvalue weighted by Crippen LogP contribution is 2.16. The van der Waals surface area contributed by atoms with Gasteiger partial charge >= 0.3 is 5.97 Å². The second kappa shape index (κ2) is 50.0. The summed E-state index contributed by atoms with van der Waals surface area (Å²) >= 11 is 0. The molecule has 0 aromatic rings. The van der Waals surface area contributed by atoms with Gasteiger partial charge < -0.3 is 20.3 Å². The van der Waals surface area contributed by atoms with Gasteiger partial charge in [-0.3, -0.25) is 9.59 Å². The maximum absolute atomic E-state index is 12.4. The zero-order valence-corrected chi connectivity index (χ0v) is 40.2. The molecule has 0 saturated heterocycles. The average Bonchev–Trinajstić information content (AvgIpc) is 3.25. The molecule has 354 valence electrons. The molecule has 3 N–H and O–H groups in total. The summed E-state index contributed by atoms with van der Waals surface area (Å²) in [6.45, 7) is 4.85. The number of carbonyl (C=O) groups excluding carboxylic acids is 2. The highest BCUT2D eigenvalue weighted by molar-refractivity contribution is 5.76. The first kappa shape index (κ1) is 58.3. The normalized spacial score (nSPS) is 12.8.